The zero-order valence-corrected chi connectivity index (χ0v) is 12.8. The molecule has 0 spiro atoms. The SMILES string of the molecule is CC(C)N1CCN(C(=O)C(CN)c2ccc(F)cc2)CC1. The van der Waals surface area contributed by atoms with Crippen LogP contribution < -0.4 is 5.73 Å². The number of rotatable bonds is 4. The van der Waals surface area contributed by atoms with Gasteiger partial charge in [-0.25, -0.2) is 4.39 Å². The van der Waals surface area contributed by atoms with E-state index in [1.54, 1.807) is 12.1 Å². The molecule has 0 bridgehead atoms. The lowest BCUT2D eigenvalue weighted by atomic mass is 9.97. The Morgan fingerprint density at radius 1 is 1.19 bits per heavy atom. The molecule has 1 unspecified atom stereocenters. The summed E-state index contributed by atoms with van der Waals surface area (Å²) in [5.41, 5.74) is 6.56. The smallest absolute Gasteiger partial charge is 0.231 e. The number of carbonyl (C=O) groups is 1. The topological polar surface area (TPSA) is 49.6 Å². The van der Waals surface area contributed by atoms with Gasteiger partial charge >= 0.3 is 0 Å². The molecule has 1 heterocycles. The van der Waals surface area contributed by atoms with Crippen LogP contribution in [-0.4, -0.2) is 54.5 Å². The van der Waals surface area contributed by atoms with E-state index in [0.717, 1.165) is 31.7 Å². The average Bonchev–Trinajstić information content (AvgIpc) is 2.50. The quantitative estimate of drug-likeness (QED) is 0.913. The number of halogens is 1. The molecule has 2 N–H and O–H groups in total. The summed E-state index contributed by atoms with van der Waals surface area (Å²) in [5, 5.41) is 0. The van der Waals surface area contributed by atoms with Crippen LogP contribution in [0.15, 0.2) is 24.3 Å². The first-order valence-corrected chi connectivity index (χ1v) is 7.51. The van der Waals surface area contributed by atoms with Crippen LogP contribution in [0.4, 0.5) is 4.39 Å². The molecule has 4 nitrogen and oxygen atoms in total. The van der Waals surface area contributed by atoms with E-state index in [-0.39, 0.29) is 24.2 Å². The number of nitrogens with zero attached hydrogens (tertiary/aromatic N) is 2. The van der Waals surface area contributed by atoms with Crippen molar-refractivity contribution in [3.63, 3.8) is 0 Å². The predicted molar refractivity (Wildman–Crippen MR) is 81.5 cm³/mol. The van der Waals surface area contributed by atoms with Crippen LogP contribution >= 0.6 is 0 Å². The molecule has 2 rings (SSSR count). The highest BCUT2D eigenvalue weighted by Gasteiger charge is 2.28. The van der Waals surface area contributed by atoms with Crippen molar-refractivity contribution in [2.75, 3.05) is 32.7 Å². The third-order valence-electron chi connectivity index (χ3n) is 4.16. The molecule has 1 aliphatic heterocycles. The highest BCUT2D eigenvalue weighted by molar-refractivity contribution is 5.84. The Labute approximate surface area is 125 Å². The van der Waals surface area contributed by atoms with Crippen molar-refractivity contribution in [3.05, 3.63) is 35.6 Å². The van der Waals surface area contributed by atoms with E-state index in [4.69, 9.17) is 5.73 Å². The number of hydrogen-bond acceptors (Lipinski definition) is 3. The van der Waals surface area contributed by atoms with Crippen LogP contribution in [0.1, 0.15) is 25.3 Å². The molecule has 1 atom stereocenters. The highest BCUT2D eigenvalue weighted by Crippen LogP contribution is 2.19. The summed E-state index contributed by atoms with van der Waals surface area (Å²) in [4.78, 5) is 16.9. The number of benzene rings is 1. The predicted octanol–water partition coefficient (Wildman–Crippen LogP) is 1.42. The fourth-order valence-corrected chi connectivity index (χ4v) is 2.75. The molecular weight excluding hydrogens is 269 g/mol. The van der Waals surface area contributed by atoms with E-state index in [1.165, 1.54) is 12.1 Å². The van der Waals surface area contributed by atoms with Crippen molar-refractivity contribution < 1.29 is 9.18 Å². The zero-order valence-electron chi connectivity index (χ0n) is 12.8. The first kappa shape index (κ1) is 15.9. The minimum atomic E-state index is -0.379. The molecule has 1 saturated heterocycles. The minimum Gasteiger partial charge on any atom is -0.340 e. The van der Waals surface area contributed by atoms with Gasteiger partial charge in [0.25, 0.3) is 0 Å². The van der Waals surface area contributed by atoms with Crippen LogP contribution in [-0.2, 0) is 4.79 Å². The molecule has 5 heteroatoms. The summed E-state index contributed by atoms with van der Waals surface area (Å²) in [6.07, 6.45) is 0. The van der Waals surface area contributed by atoms with Crippen molar-refractivity contribution >= 4 is 5.91 Å². The van der Waals surface area contributed by atoms with Gasteiger partial charge < -0.3 is 10.6 Å². The van der Waals surface area contributed by atoms with Crippen LogP contribution in [0.25, 0.3) is 0 Å². The van der Waals surface area contributed by atoms with E-state index in [2.05, 4.69) is 18.7 Å². The molecule has 0 radical (unpaired) electrons. The van der Waals surface area contributed by atoms with E-state index >= 15 is 0 Å². The molecule has 1 amide bonds. The Hall–Kier alpha value is -1.46. The summed E-state index contributed by atoms with van der Waals surface area (Å²) >= 11 is 0. The van der Waals surface area contributed by atoms with Crippen LogP contribution in [0, 0.1) is 5.82 Å². The van der Waals surface area contributed by atoms with Gasteiger partial charge in [-0.2, -0.15) is 0 Å². The van der Waals surface area contributed by atoms with Crippen LogP contribution in [0.3, 0.4) is 0 Å². The first-order valence-electron chi connectivity index (χ1n) is 7.51. The first-order chi connectivity index (χ1) is 10.0. The maximum atomic E-state index is 13.0. The van der Waals surface area contributed by atoms with E-state index < -0.39 is 0 Å². The zero-order chi connectivity index (χ0) is 15.4. The summed E-state index contributed by atoms with van der Waals surface area (Å²) in [6.45, 7) is 7.82. The van der Waals surface area contributed by atoms with Crippen molar-refractivity contribution in [1.82, 2.24) is 9.80 Å². The monoisotopic (exact) mass is 293 g/mol. The van der Waals surface area contributed by atoms with Gasteiger partial charge in [0.05, 0.1) is 5.92 Å². The summed E-state index contributed by atoms with van der Waals surface area (Å²) in [6, 6.07) is 6.55. The molecule has 0 saturated carbocycles. The fourth-order valence-electron chi connectivity index (χ4n) is 2.75. The fraction of sp³-hybridized carbons (Fsp3) is 0.562. The third kappa shape index (κ3) is 3.80. The van der Waals surface area contributed by atoms with Gasteiger partial charge in [0.2, 0.25) is 5.91 Å². The molecule has 21 heavy (non-hydrogen) atoms. The largest absolute Gasteiger partial charge is 0.340 e. The van der Waals surface area contributed by atoms with Gasteiger partial charge in [0.1, 0.15) is 5.82 Å². The lowest BCUT2D eigenvalue weighted by Gasteiger charge is -2.38. The Morgan fingerprint density at radius 3 is 2.24 bits per heavy atom. The van der Waals surface area contributed by atoms with Gasteiger partial charge in [-0.05, 0) is 31.5 Å². The van der Waals surface area contributed by atoms with Crippen molar-refractivity contribution in [3.8, 4) is 0 Å². The molecule has 116 valence electrons. The van der Waals surface area contributed by atoms with Gasteiger partial charge in [-0.3, -0.25) is 9.69 Å². The van der Waals surface area contributed by atoms with Gasteiger partial charge in [0.15, 0.2) is 0 Å². The number of piperazine rings is 1. The van der Waals surface area contributed by atoms with Gasteiger partial charge in [-0.1, -0.05) is 12.1 Å². The van der Waals surface area contributed by atoms with Crippen LogP contribution in [0.2, 0.25) is 0 Å². The van der Waals surface area contributed by atoms with Gasteiger partial charge in [-0.15, -0.1) is 0 Å². The third-order valence-corrected chi connectivity index (χ3v) is 4.16. The Morgan fingerprint density at radius 2 is 1.76 bits per heavy atom. The minimum absolute atomic E-state index is 0.0486. The lowest BCUT2D eigenvalue weighted by Crippen LogP contribution is -2.52. The summed E-state index contributed by atoms with van der Waals surface area (Å²) in [5.74, 6) is -0.628. The second kappa shape index (κ2) is 7.00. The van der Waals surface area contributed by atoms with Crippen LogP contribution in [0.5, 0.6) is 0 Å². The molecular formula is C16H24FN3O. The van der Waals surface area contributed by atoms with Crippen molar-refractivity contribution in [1.29, 1.82) is 0 Å². The maximum Gasteiger partial charge on any atom is 0.231 e. The maximum absolute atomic E-state index is 13.0. The van der Waals surface area contributed by atoms with Gasteiger partial charge in [0, 0.05) is 38.8 Å². The summed E-state index contributed by atoms with van der Waals surface area (Å²) in [7, 11) is 0. The van der Waals surface area contributed by atoms with E-state index in [0.29, 0.717) is 6.04 Å². The lowest BCUT2D eigenvalue weighted by molar-refractivity contribution is -0.134. The Kier molecular flexibility index (Phi) is 5.31. The molecule has 0 aromatic heterocycles. The summed E-state index contributed by atoms with van der Waals surface area (Å²) < 4.78 is 13.0. The molecule has 0 aliphatic carbocycles. The van der Waals surface area contributed by atoms with E-state index in [1.807, 2.05) is 4.90 Å². The highest BCUT2D eigenvalue weighted by atomic mass is 19.1. The standard InChI is InChI=1S/C16H24FN3O/c1-12(2)19-7-9-20(10-8-19)16(21)15(11-18)13-3-5-14(17)6-4-13/h3-6,12,15H,7-11,18H2,1-2H3. The van der Waals surface area contributed by atoms with E-state index in [9.17, 15) is 9.18 Å². The normalized spacial score (nSPS) is 18.0. The van der Waals surface area contributed by atoms with Crippen molar-refractivity contribution in [2.45, 2.75) is 25.8 Å². The second-order valence-electron chi connectivity index (χ2n) is 5.79. The molecule has 1 aromatic rings. The molecule has 1 fully saturated rings. The second-order valence-corrected chi connectivity index (χ2v) is 5.79. The Balaban J connectivity index is 2.02. The number of hydrogen-bond donors (Lipinski definition) is 1. The molecule has 1 aromatic carbocycles. The van der Waals surface area contributed by atoms with Crippen molar-refractivity contribution in [2.24, 2.45) is 5.73 Å². The average molecular weight is 293 g/mol. The number of carbonyl (C=O) groups excluding carboxylic acids is 1. The number of nitrogens with two attached hydrogens (primary N) is 1. The Bertz CT molecular complexity index is 467. The number of amides is 1. The molecule has 1 aliphatic rings.